The fraction of sp³-hybridized carbons (Fsp3) is 0.714. The normalized spacial score (nSPS) is 16.0. The molecule has 12 heteroatoms. The average Bonchev–Trinajstić information content (AvgIpc) is 2.93. The number of carbonyl (C=O) groups excluding carboxylic acids is 6. The number of alkyl carbamates (subject to hydrolysis) is 1. The second-order valence-corrected chi connectivity index (χ2v) is 9.40. The van der Waals surface area contributed by atoms with Gasteiger partial charge in [-0.05, 0) is 54.9 Å². The topological polar surface area (TPSA) is 155 Å². The predicted molar refractivity (Wildman–Crippen MR) is 111 cm³/mol. The number of hydrogen-bond donors (Lipinski definition) is 1. The molecule has 33 heavy (non-hydrogen) atoms. The Morgan fingerprint density at radius 1 is 0.909 bits per heavy atom. The van der Waals surface area contributed by atoms with Gasteiger partial charge in [0.1, 0.15) is 17.2 Å². The van der Waals surface area contributed by atoms with E-state index < -0.39 is 59.2 Å². The summed E-state index contributed by atoms with van der Waals surface area (Å²) in [6, 6.07) is -1.35. The van der Waals surface area contributed by atoms with Crippen LogP contribution in [0, 0.1) is 0 Å². The number of hydroxylamine groups is 2. The van der Waals surface area contributed by atoms with Gasteiger partial charge in [-0.3, -0.25) is 14.4 Å². The van der Waals surface area contributed by atoms with Gasteiger partial charge in [0.05, 0.1) is 0 Å². The standard InChI is InChI=1S/C21H32N2O10/c1-12(17(27)33-23-14(24)9-10-15(23)25)30-18(28)13(22-19(29)32-21(5,6)7)8-11-16(26)31-20(2,3)4/h12-13H,8-11H2,1-7H3,(H,22,29)/t12-,13-/m0/s1. The number of rotatable bonds is 8. The smallest absolute Gasteiger partial charge is 0.408 e. The maximum Gasteiger partial charge on any atom is 0.408 e. The maximum absolute atomic E-state index is 12.6. The first-order chi connectivity index (χ1) is 15.0. The van der Waals surface area contributed by atoms with Crippen LogP contribution in [0.3, 0.4) is 0 Å². The van der Waals surface area contributed by atoms with Gasteiger partial charge in [-0.25, -0.2) is 14.4 Å². The van der Waals surface area contributed by atoms with Crippen LogP contribution in [0.1, 0.15) is 74.1 Å². The highest BCUT2D eigenvalue weighted by molar-refractivity contribution is 6.01. The van der Waals surface area contributed by atoms with Crippen LogP contribution in [0.15, 0.2) is 0 Å². The first-order valence-corrected chi connectivity index (χ1v) is 10.5. The summed E-state index contributed by atoms with van der Waals surface area (Å²) in [6.45, 7) is 11.1. The largest absolute Gasteiger partial charge is 0.460 e. The molecule has 3 amide bonds. The van der Waals surface area contributed by atoms with Crippen LogP contribution in [0.5, 0.6) is 0 Å². The van der Waals surface area contributed by atoms with Crippen LogP contribution in [-0.4, -0.2) is 64.2 Å². The van der Waals surface area contributed by atoms with Crippen LogP contribution < -0.4 is 5.32 Å². The quantitative estimate of drug-likeness (QED) is 0.312. The van der Waals surface area contributed by atoms with E-state index in [-0.39, 0.29) is 25.7 Å². The summed E-state index contributed by atoms with van der Waals surface area (Å²) < 4.78 is 15.3. The number of esters is 2. The van der Waals surface area contributed by atoms with Gasteiger partial charge in [-0.2, -0.15) is 0 Å². The molecule has 1 aliphatic heterocycles. The highest BCUT2D eigenvalue weighted by Gasteiger charge is 2.36. The fourth-order valence-electron chi connectivity index (χ4n) is 2.48. The third-order valence-corrected chi connectivity index (χ3v) is 3.84. The molecule has 1 fully saturated rings. The summed E-state index contributed by atoms with van der Waals surface area (Å²) in [4.78, 5) is 76.8. The van der Waals surface area contributed by atoms with Crippen LogP contribution in [0.2, 0.25) is 0 Å². The molecule has 0 spiro atoms. The Balaban J connectivity index is 2.80. The zero-order chi connectivity index (χ0) is 25.6. The zero-order valence-electron chi connectivity index (χ0n) is 20.0. The SMILES string of the molecule is C[C@H](OC(=O)[C@H](CCC(=O)OC(C)(C)C)NC(=O)OC(C)(C)C)C(=O)ON1C(=O)CCC1=O. The predicted octanol–water partition coefficient (Wildman–Crippen LogP) is 1.54. The number of amides is 3. The summed E-state index contributed by atoms with van der Waals surface area (Å²) in [5.74, 6) is -4.18. The third kappa shape index (κ3) is 10.3. The molecule has 1 aliphatic rings. The molecule has 12 nitrogen and oxygen atoms in total. The van der Waals surface area contributed by atoms with Crippen molar-refractivity contribution in [1.29, 1.82) is 0 Å². The molecule has 1 N–H and O–H groups in total. The molecule has 1 rings (SSSR count). The zero-order valence-corrected chi connectivity index (χ0v) is 20.0. The van der Waals surface area contributed by atoms with Crippen LogP contribution >= 0.6 is 0 Å². The second-order valence-electron chi connectivity index (χ2n) is 9.40. The van der Waals surface area contributed by atoms with Gasteiger partial charge in [0, 0.05) is 19.3 Å². The molecule has 0 aromatic heterocycles. The molecule has 1 heterocycles. The monoisotopic (exact) mass is 472 g/mol. The lowest BCUT2D eigenvalue weighted by Gasteiger charge is -2.24. The van der Waals surface area contributed by atoms with Gasteiger partial charge < -0.3 is 24.4 Å². The number of nitrogens with zero attached hydrogens (tertiary/aromatic N) is 1. The Hall–Kier alpha value is -3.18. The molecular weight excluding hydrogens is 440 g/mol. The van der Waals surface area contributed by atoms with Gasteiger partial charge in [-0.1, -0.05) is 0 Å². The lowest BCUT2D eigenvalue weighted by Crippen LogP contribution is -2.46. The summed E-state index contributed by atoms with van der Waals surface area (Å²) in [5.41, 5.74) is -1.59. The first kappa shape index (κ1) is 27.9. The number of carbonyl (C=O) groups is 6. The minimum absolute atomic E-state index is 0.0904. The van der Waals surface area contributed by atoms with Gasteiger partial charge in [0.25, 0.3) is 11.8 Å². The molecule has 0 radical (unpaired) electrons. The van der Waals surface area contributed by atoms with Crippen molar-refractivity contribution >= 4 is 35.8 Å². The van der Waals surface area contributed by atoms with Crippen molar-refractivity contribution in [3.8, 4) is 0 Å². The van der Waals surface area contributed by atoms with E-state index in [0.717, 1.165) is 0 Å². The molecule has 0 aliphatic carbocycles. The highest BCUT2D eigenvalue weighted by Crippen LogP contribution is 2.15. The molecule has 0 saturated carbocycles. The Kier molecular flexibility index (Phi) is 9.37. The minimum Gasteiger partial charge on any atom is -0.460 e. The molecule has 1 saturated heterocycles. The molecule has 0 aromatic rings. The van der Waals surface area contributed by atoms with Crippen LogP contribution in [0.25, 0.3) is 0 Å². The second kappa shape index (κ2) is 11.1. The molecule has 0 bridgehead atoms. The molecule has 0 unspecified atom stereocenters. The van der Waals surface area contributed by atoms with Gasteiger partial charge >= 0.3 is 24.0 Å². The van der Waals surface area contributed by atoms with Crippen molar-refractivity contribution in [1.82, 2.24) is 10.4 Å². The number of imide groups is 1. The van der Waals surface area contributed by atoms with Gasteiger partial charge in [-0.15, -0.1) is 5.06 Å². The Bertz CT molecular complexity index is 778. The van der Waals surface area contributed by atoms with Crippen molar-refractivity contribution in [2.45, 2.75) is 97.5 Å². The molecule has 186 valence electrons. The van der Waals surface area contributed by atoms with E-state index in [1.807, 2.05) is 0 Å². The average molecular weight is 472 g/mol. The van der Waals surface area contributed by atoms with Crippen molar-refractivity contribution in [2.24, 2.45) is 0 Å². The van der Waals surface area contributed by atoms with E-state index in [9.17, 15) is 28.8 Å². The summed E-state index contributed by atoms with van der Waals surface area (Å²) in [7, 11) is 0. The van der Waals surface area contributed by atoms with Gasteiger partial charge in [0.2, 0.25) is 0 Å². The van der Waals surface area contributed by atoms with E-state index >= 15 is 0 Å². The van der Waals surface area contributed by atoms with E-state index in [1.54, 1.807) is 41.5 Å². The molecule has 0 aromatic carbocycles. The Morgan fingerprint density at radius 2 is 1.42 bits per heavy atom. The summed E-state index contributed by atoms with van der Waals surface area (Å²) >= 11 is 0. The minimum atomic E-state index is -1.51. The van der Waals surface area contributed by atoms with E-state index in [2.05, 4.69) is 5.32 Å². The summed E-state index contributed by atoms with van der Waals surface area (Å²) in [6.07, 6.45) is -3.06. The van der Waals surface area contributed by atoms with Gasteiger partial charge in [0.15, 0.2) is 6.10 Å². The highest BCUT2D eigenvalue weighted by atomic mass is 16.7. The van der Waals surface area contributed by atoms with Crippen LogP contribution in [-0.2, 0) is 43.0 Å². The van der Waals surface area contributed by atoms with Crippen molar-refractivity contribution < 1.29 is 47.8 Å². The third-order valence-electron chi connectivity index (χ3n) is 3.84. The number of hydrogen-bond acceptors (Lipinski definition) is 10. The number of nitrogens with one attached hydrogen (secondary N) is 1. The Labute approximate surface area is 192 Å². The summed E-state index contributed by atoms with van der Waals surface area (Å²) in [5, 5.41) is 2.63. The lowest BCUT2D eigenvalue weighted by molar-refractivity contribution is -0.205. The maximum atomic E-state index is 12.6. The number of ether oxygens (including phenoxy) is 3. The van der Waals surface area contributed by atoms with E-state index in [4.69, 9.17) is 19.0 Å². The fourth-order valence-corrected chi connectivity index (χ4v) is 2.48. The van der Waals surface area contributed by atoms with E-state index in [1.165, 1.54) is 6.92 Å². The van der Waals surface area contributed by atoms with Crippen LogP contribution in [0.4, 0.5) is 4.79 Å². The Morgan fingerprint density at radius 3 is 1.91 bits per heavy atom. The van der Waals surface area contributed by atoms with Crippen molar-refractivity contribution in [3.63, 3.8) is 0 Å². The van der Waals surface area contributed by atoms with Crippen molar-refractivity contribution in [2.75, 3.05) is 0 Å². The van der Waals surface area contributed by atoms with E-state index in [0.29, 0.717) is 5.06 Å². The molecular formula is C21H32N2O10. The first-order valence-electron chi connectivity index (χ1n) is 10.5. The lowest BCUT2D eigenvalue weighted by atomic mass is 10.1. The molecule has 2 atom stereocenters. The van der Waals surface area contributed by atoms with Crippen molar-refractivity contribution in [3.05, 3.63) is 0 Å².